The first-order valence-electron chi connectivity index (χ1n) is 7.55. The zero-order valence-electron chi connectivity index (χ0n) is 13.8. The van der Waals surface area contributed by atoms with Gasteiger partial charge in [-0.15, -0.1) is 0 Å². The van der Waals surface area contributed by atoms with E-state index in [1.807, 2.05) is 0 Å². The minimum absolute atomic E-state index is 0.0647. The number of halogens is 4. The summed E-state index contributed by atoms with van der Waals surface area (Å²) in [6.07, 6.45) is -3.78. The molecule has 0 atom stereocenters. The number of amides is 1. The van der Waals surface area contributed by atoms with Crippen molar-refractivity contribution in [3.8, 4) is 11.5 Å². The van der Waals surface area contributed by atoms with Crippen molar-refractivity contribution in [1.29, 1.82) is 0 Å². The van der Waals surface area contributed by atoms with Crippen molar-refractivity contribution in [2.24, 2.45) is 5.10 Å². The van der Waals surface area contributed by atoms with Crippen LogP contribution in [0.5, 0.6) is 11.5 Å². The molecule has 27 heavy (non-hydrogen) atoms. The molecule has 0 bridgehead atoms. The van der Waals surface area contributed by atoms with E-state index in [9.17, 15) is 23.1 Å². The fraction of sp³-hybridized carbons (Fsp3) is 0.111. The maximum absolute atomic E-state index is 13.4. The van der Waals surface area contributed by atoms with Crippen molar-refractivity contribution in [3.63, 3.8) is 0 Å². The number of nitrogens with zero attached hydrogens (tertiary/aromatic N) is 2. The van der Waals surface area contributed by atoms with Crippen molar-refractivity contribution in [3.05, 3.63) is 58.6 Å². The predicted octanol–water partition coefficient (Wildman–Crippen LogP) is 4.40. The first kappa shape index (κ1) is 18.8. The average Bonchev–Trinajstić information content (AvgIpc) is 2.94. The third-order valence-corrected chi connectivity index (χ3v) is 3.98. The van der Waals surface area contributed by atoms with Crippen molar-refractivity contribution in [2.45, 2.75) is 6.18 Å². The van der Waals surface area contributed by atoms with Gasteiger partial charge in [-0.05, 0) is 48.0 Å². The quantitative estimate of drug-likeness (QED) is 0.782. The highest BCUT2D eigenvalue weighted by Crippen LogP contribution is 2.34. The molecule has 0 fully saturated rings. The second kappa shape index (κ2) is 6.96. The second-order valence-corrected chi connectivity index (χ2v) is 5.97. The number of phenolic OH excluding ortho intramolecular Hbond substituents is 1. The lowest BCUT2D eigenvalue weighted by Crippen LogP contribution is -2.25. The highest BCUT2D eigenvalue weighted by Gasteiger charge is 2.46. The van der Waals surface area contributed by atoms with E-state index in [1.165, 1.54) is 49.6 Å². The Morgan fingerprint density at radius 2 is 1.85 bits per heavy atom. The molecule has 3 rings (SSSR count). The number of benzene rings is 2. The maximum atomic E-state index is 13.4. The molecule has 1 amide bonds. The summed E-state index contributed by atoms with van der Waals surface area (Å²) in [5.41, 5.74) is -1.54. The molecule has 0 radical (unpaired) electrons. The summed E-state index contributed by atoms with van der Waals surface area (Å²) >= 11 is 5.77. The van der Waals surface area contributed by atoms with E-state index in [0.29, 0.717) is 10.0 Å². The van der Waals surface area contributed by atoms with E-state index in [4.69, 9.17) is 16.3 Å². The van der Waals surface area contributed by atoms with Gasteiger partial charge in [0, 0.05) is 5.02 Å². The molecule has 0 saturated heterocycles. The molecule has 140 valence electrons. The Morgan fingerprint density at radius 3 is 2.44 bits per heavy atom. The normalized spacial score (nSPS) is 16.0. The van der Waals surface area contributed by atoms with E-state index in [2.05, 4.69) is 5.10 Å². The van der Waals surface area contributed by atoms with Crippen LogP contribution >= 0.6 is 11.6 Å². The number of alkyl halides is 3. The third-order valence-electron chi connectivity index (χ3n) is 3.73. The molecule has 2 aromatic carbocycles. The smallest absolute Gasteiger partial charge is 0.435 e. The molecular weight excluding hydrogens is 385 g/mol. The SMILES string of the molecule is COc1cc(/C=C2/C(=O)N(c3ccc(Cl)cc3)N=C2C(F)(F)F)ccc1O. The molecule has 1 aliphatic heterocycles. The van der Waals surface area contributed by atoms with Crippen LogP contribution < -0.4 is 9.75 Å². The van der Waals surface area contributed by atoms with Crippen molar-refractivity contribution in [2.75, 3.05) is 12.1 Å². The molecule has 1 N–H and O–H groups in total. The minimum atomic E-state index is -4.83. The summed E-state index contributed by atoms with van der Waals surface area (Å²) in [6.45, 7) is 0. The molecule has 0 aliphatic carbocycles. The van der Waals surface area contributed by atoms with Gasteiger partial charge in [0.1, 0.15) is 0 Å². The summed E-state index contributed by atoms with van der Waals surface area (Å²) in [7, 11) is 1.30. The molecular formula is C18H12ClF3N2O3. The fourth-order valence-electron chi connectivity index (χ4n) is 2.46. The van der Waals surface area contributed by atoms with Gasteiger partial charge in [0.15, 0.2) is 17.2 Å². The number of hydrogen-bond donors (Lipinski definition) is 1. The number of hydrogen-bond acceptors (Lipinski definition) is 4. The maximum Gasteiger partial charge on any atom is 0.435 e. The monoisotopic (exact) mass is 396 g/mol. The zero-order chi connectivity index (χ0) is 19.8. The molecule has 1 aliphatic rings. The van der Waals surface area contributed by atoms with Gasteiger partial charge in [0.05, 0.1) is 18.4 Å². The number of methoxy groups -OCH3 is 1. The Balaban J connectivity index is 2.07. The lowest BCUT2D eigenvalue weighted by atomic mass is 10.1. The fourth-order valence-corrected chi connectivity index (χ4v) is 2.59. The summed E-state index contributed by atoms with van der Waals surface area (Å²) < 4.78 is 45.2. The van der Waals surface area contributed by atoms with Crippen LogP contribution in [0.15, 0.2) is 53.1 Å². The van der Waals surface area contributed by atoms with Crippen LogP contribution in [0, 0.1) is 0 Å². The van der Waals surface area contributed by atoms with Gasteiger partial charge in [-0.3, -0.25) is 4.79 Å². The number of rotatable bonds is 3. The van der Waals surface area contributed by atoms with Crippen LogP contribution in [0.2, 0.25) is 5.02 Å². The number of hydrazone groups is 1. The van der Waals surface area contributed by atoms with Crippen LogP contribution in [0.3, 0.4) is 0 Å². The van der Waals surface area contributed by atoms with Gasteiger partial charge in [-0.2, -0.15) is 23.3 Å². The highest BCUT2D eigenvalue weighted by molar-refractivity contribution is 6.34. The molecule has 0 unspecified atom stereocenters. The van der Waals surface area contributed by atoms with Gasteiger partial charge >= 0.3 is 6.18 Å². The second-order valence-electron chi connectivity index (χ2n) is 5.53. The third kappa shape index (κ3) is 3.75. The molecule has 0 saturated carbocycles. The number of anilines is 1. The standard InChI is InChI=1S/C18H12ClF3N2O3/c1-27-15-9-10(2-7-14(15)25)8-13-16(18(20,21)22)23-24(17(13)26)12-5-3-11(19)4-6-12/h2-9,25H,1H3/b13-8+. The van der Waals surface area contributed by atoms with E-state index in [0.717, 1.165) is 6.08 Å². The molecule has 2 aromatic rings. The molecule has 9 heteroatoms. The number of carbonyl (C=O) groups is 1. The Labute approximate surface area is 156 Å². The Morgan fingerprint density at radius 1 is 1.19 bits per heavy atom. The molecule has 0 aromatic heterocycles. The van der Waals surface area contributed by atoms with Crippen LogP contribution in [0.4, 0.5) is 18.9 Å². The number of phenols is 1. The van der Waals surface area contributed by atoms with E-state index in [1.54, 1.807) is 0 Å². The van der Waals surface area contributed by atoms with Crippen LogP contribution in [0.25, 0.3) is 6.08 Å². The summed E-state index contributed by atoms with van der Waals surface area (Å²) in [5, 5.41) is 14.1. The van der Waals surface area contributed by atoms with Crippen LogP contribution in [-0.4, -0.2) is 30.0 Å². The van der Waals surface area contributed by atoms with E-state index in [-0.39, 0.29) is 22.7 Å². The van der Waals surface area contributed by atoms with Gasteiger partial charge in [-0.25, -0.2) is 0 Å². The van der Waals surface area contributed by atoms with E-state index < -0.39 is 23.4 Å². The Hall–Kier alpha value is -3.00. The number of carbonyl (C=O) groups excluding carboxylic acids is 1. The summed E-state index contributed by atoms with van der Waals surface area (Å²) in [5.74, 6) is -1.04. The summed E-state index contributed by atoms with van der Waals surface area (Å²) in [4.78, 5) is 12.6. The van der Waals surface area contributed by atoms with Crippen LogP contribution in [-0.2, 0) is 4.79 Å². The first-order valence-corrected chi connectivity index (χ1v) is 7.93. The number of ether oxygens (including phenoxy) is 1. The molecule has 1 heterocycles. The van der Waals surface area contributed by atoms with Gasteiger partial charge in [0.2, 0.25) is 0 Å². The lowest BCUT2D eigenvalue weighted by molar-refractivity contribution is -0.114. The minimum Gasteiger partial charge on any atom is -0.504 e. The van der Waals surface area contributed by atoms with Crippen molar-refractivity contribution < 1.29 is 27.8 Å². The van der Waals surface area contributed by atoms with Crippen molar-refractivity contribution >= 4 is 35.0 Å². The lowest BCUT2D eigenvalue weighted by Gasteiger charge is -2.11. The largest absolute Gasteiger partial charge is 0.504 e. The first-order chi connectivity index (χ1) is 12.7. The van der Waals surface area contributed by atoms with Gasteiger partial charge in [0.25, 0.3) is 5.91 Å². The summed E-state index contributed by atoms with van der Waals surface area (Å²) in [6, 6.07) is 9.60. The Kier molecular flexibility index (Phi) is 4.84. The van der Waals surface area contributed by atoms with Crippen molar-refractivity contribution in [1.82, 2.24) is 0 Å². The topological polar surface area (TPSA) is 62.1 Å². The zero-order valence-corrected chi connectivity index (χ0v) is 14.5. The van der Waals surface area contributed by atoms with Gasteiger partial charge in [-0.1, -0.05) is 17.7 Å². The molecule has 0 spiro atoms. The van der Waals surface area contributed by atoms with Crippen LogP contribution in [0.1, 0.15) is 5.56 Å². The van der Waals surface area contributed by atoms with E-state index >= 15 is 0 Å². The predicted molar refractivity (Wildman–Crippen MR) is 95.1 cm³/mol. The number of aromatic hydroxyl groups is 1. The average molecular weight is 397 g/mol. The van der Waals surface area contributed by atoms with Gasteiger partial charge < -0.3 is 9.84 Å². The highest BCUT2D eigenvalue weighted by atomic mass is 35.5. The molecule has 5 nitrogen and oxygen atoms in total. The Bertz CT molecular complexity index is 953.